The minimum atomic E-state index is -0.639. The predicted molar refractivity (Wildman–Crippen MR) is 143 cm³/mol. The zero-order valence-electron chi connectivity index (χ0n) is 23.9. The maximum absolute atomic E-state index is 14.5. The number of tetrazole rings is 1. The highest BCUT2D eigenvalue weighted by molar-refractivity contribution is 6.03. The van der Waals surface area contributed by atoms with E-state index < -0.39 is 10.8 Å². The number of H-pyrrole nitrogens is 1. The Hall–Kier alpha value is -2.62. The summed E-state index contributed by atoms with van der Waals surface area (Å²) in [6, 6.07) is 0. The average Bonchev–Trinajstić information content (AvgIpc) is 3.38. The van der Waals surface area contributed by atoms with Gasteiger partial charge < -0.3 is 4.79 Å². The van der Waals surface area contributed by atoms with Gasteiger partial charge in [-0.05, 0) is 79.1 Å². The second-order valence-electron chi connectivity index (χ2n) is 15.1. The van der Waals surface area contributed by atoms with Gasteiger partial charge in [0.05, 0.1) is 6.57 Å². The number of rotatable bonds is 1. The number of nitrogens with zero attached hydrogens (tertiary/aromatic N) is 4. The Balaban J connectivity index is 1.54. The zero-order chi connectivity index (χ0) is 27.5. The third kappa shape index (κ3) is 2.93. The van der Waals surface area contributed by atoms with Crippen molar-refractivity contribution in [3.05, 3.63) is 40.7 Å². The number of Topliss-reactive ketones (excluding diaryl/α,β-unsaturated/α-hetero) is 1. The molecule has 6 rings (SSSR count). The molecule has 7 nitrogen and oxygen atoms in total. The number of fused-ring (bicyclic) bond motifs is 7. The molecule has 5 aliphatic rings. The molecular formula is C31H41N5O2. The minimum Gasteiger partial charge on any atom is -0.307 e. The summed E-state index contributed by atoms with van der Waals surface area (Å²) in [5.74, 6) is 1.03. The topological polar surface area (TPSA) is 93.0 Å². The van der Waals surface area contributed by atoms with Crippen LogP contribution in [0, 0.1) is 51.4 Å². The Bertz CT molecular complexity index is 1330. The number of carbonyl (C=O) groups excluding carboxylic acids is 2. The van der Waals surface area contributed by atoms with Crippen LogP contribution in [0.15, 0.2) is 23.4 Å². The van der Waals surface area contributed by atoms with Crippen LogP contribution >= 0.6 is 0 Å². The van der Waals surface area contributed by atoms with Crippen molar-refractivity contribution in [1.82, 2.24) is 20.6 Å². The Labute approximate surface area is 226 Å². The van der Waals surface area contributed by atoms with E-state index in [-0.39, 0.29) is 56.7 Å². The molecule has 7 heteroatoms. The van der Waals surface area contributed by atoms with E-state index in [1.165, 1.54) is 0 Å². The van der Waals surface area contributed by atoms with Crippen LogP contribution in [0.3, 0.4) is 0 Å². The van der Waals surface area contributed by atoms with E-state index >= 15 is 0 Å². The zero-order valence-corrected chi connectivity index (χ0v) is 23.9. The smallest absolute Gasteiger partial charge is 0.226 e. The van der Waals surface area contributed by atoms with Crippen molar-refractivity contribution in [2.45, 2.75) is 98.8 Å². The van der Waals surface area contributed by atoms with Crippen molar-refractivity contribution in [3.8, 4) is 0 Å². The van der Waals surface area contributed by atoms with Gasteiger partial charge in [-0.2, -0.15) is 5.21 Å². The highest BCUT2D eigenvalue weighted by Gasteiger charge is 2.70. The van der Waals surface area contributed by atoms with E-state index in [4.69, 9.17) is 6.57 Å². The van der Waals surface area contributed by atoms with Gasteiger partial charge in [0.1, 0.15) is 0 Å². The second kappa shape index (κ2) is 7.52. The number of aromatic amines is 1. The number of allylic oxidation sites excluding steroid dienone is 4. The lowest BCUT2D eigenvalue weighted by Gasteiger charge is -2.69. The van der Waals surface area contributed by atoms with Crippen LogP contribution in [-0.4, -0.2) is 32.2 Å². The first-order valence-electron chi connectivity index (χ1n) is 14.3. The van der Waals surface area contributed by atoms with E-state index in [1.807, 2.05) is 26.0 Å². The lowest BCUT2D eigenvalue weighted by molar-refractivity contribution is -0.160. The summed E-state index contributed by atoms with van der Waals surface area (Å²) in [4.78, 5) is 31.4. The molecule has 3 fully saturated rings. The molecule has 1 aromatic heterocycles. The van der Waals surface area contributed by atoms with Crippen LogP contribution in [0.4, 0.5) is 0 Å². The fourth-order valence-corrected chi connectivity index (χ4v) is 10.4. The monoisotopic (exact) mass is 515 g/mol. The molecule has 38 heavy (non-hydrogen) atoms. The molecule has 202 valence electrons. The Morgan fingerprint density at radius 1 is 1.00 bits per heavy atom. The Morgan fingerprint density at radius 3 is 2.37 bits per heavy atom. The maximum Gasteiger partial charge on any atom is 0.226 e. The lowest BCUT2D eigenvalue weighted by Crippen LogP contribution is -2.65. The fraction of sp³-hybridized carbons (Fsp3) is 0.742. The summed E-state index contributed by atoms with van der Waals surface area (Å²) >= 11 is 0. The lowest BCUT2D eigenvalue weighted by atomic mass is 9.34. The van der Waals surface area contributed by atoms with Crippen LogP contribution in [0.25, 0.3) is 4.85 Å². The van der Waals surface area contributed by atoms with E-state index in [1.54, 1.807) is 0 Å². The molecule has 0 radical (unpaired) electrons. The number of hydrogen-bond acceptors (Lipinski definition) is 5. The molecule has 0 aromatic carbocycles. The van der Waals surface area contributed by atoms with Gasteiger partial charge in [0.2, 0.25) is 5.70 Å². The molecule has 5 aliphatic carbocycles. The van der Waals surface area contributed by atoms with E-state index in [9.17, 15) is 9.59 Å². The summed E-state index contributed by atoms with van der Waals surface area (Å²) in [5.41, 5.74) is -0.288. The van der Waals surface area contributed by atoms with Crippen molar-refractivity contribution in [2.24, 2.45) is 44.8 Å². The van der Waals surface area contributed by atoms with E-state index in [2.05, 4.69) is 60.1 Å². The van der Waals surface area contributed by atoms with Crippen LogP contribution in [-0.2, 0) is 15.0 Å². The molecule has 0 spiro atoms. The molecular weight excluding hydrogens is 474 g/mol. The second-order valence-corrected chi connectivity index (χ2v) is 15.1. The third-order valence-electron chi connectivity index (χ3n) is 12.6. The predicted octanol–water partition coefficient (Wildman–Crippen LogP) is 6.02. The maximum atomic E-state index is 14.5. The highest BCUT2D eigenvalue weighted by atomic mass is 16.1. The summed E-state index contributed by atoms with van der Waals surface area (Å²) in [5, 5.41) is 15.7. The van der Waals surface area contributed by atoms with Gasteiger partial charge in [-0.1, -0.05) is 65.3 Å². The number of carbonyl (C=O) groups is 2. The highest BCUT2D eigenvalue weighted by Crippen LogP contribution is 2.74. The van der Waals surface area contributed by atoms with Crippen LogP contribution in [0.5, 0.6) is 0 Å². The first-order valence-corrected chi connectivity index (χ1v) is 14.3. The van der Waals surface area contributed by atoms with Gasteiger partial charge in [0.25, 0.3) is 0 Å². The fourth-order valence-electron chi connectivity index (χ4n) is 10.4. The normalized spacial score (nSPS) is 44.9. The number of nitrogens with one attached hydrogen (secondary N) is 1. The van der Waals surface area contributed by atoms with Gasteiger partial charge >= 0.3 is 0 Å². The van der Waals surface area contributed by atoms with Crippen molar-refractivity contribution in [3.63, 3.8) is 0 Å². The Kier molecular flexibility index (Phi) is 5.07. The van der Waals surface area contributed by atoms with Crippen LogP contribution in [0.1, 0.15) is 99.2 Å². The van der Waals surface area contributed by atoms with Crippen molar-refractivity contribution in [1.29, 1.82) is 0 Å². The van der Waals surface area contributed by atoms with Crippen molar-refractivity contribution in [2.75, 3.05) is 0 Å². The van der Waals surface area contributed by atoms with Gasteiger partial charge in [-0.15, -0.1) is 10.2 Å². The molecule has 1 aromatic rings. The SMILES string of the molecule is [C-]#[N+]C1=C[C@]2(C)C3=CC(=O)[C@@H]4[C@@H]5CC(C)(C)CC[C@]5(c5nn[nH]n5)CC[C@@]4(C)[C@]3(C)CC[C@H]2C(C)(C)C1=O. The number of ketones is 2. The summed E-state index contributed by atoms with van der Waals surface area (Å²) < 4.78 is 0. The first-order chi connectivity index (χ1) is 17.7. The van der Waals surface area contributed by atoms with E-state index in [0.29, 0.717) is 0 Å². The Morgan fingerprint density at radius 2 is 1.71 bits per heavy atom. The van der Waals surface area contributed by atoms with Crippen molar-refractivity contribution >= 4 is 11.6 Å². The van der Waals surface area contributed by atoms with Gasteiger partial charge in [0, 0.05) is 22.2 Å². The van der Waals surface area contributed by atoms with Crippen LogP contribution < -0.4 is 0 Å². The van der Waals surface area contributed by atoms with E-state index in [0.717, 1.165) is 56.3 Å². The summed E-state index contributed by atoms with van der Waals surface area (Å²) in [6.45, 7) is 23.4. The van der Waals surface area contributed by atoms with Crippen LogP contribution in [0.2, 0.25) is 0 Å². The number of hydrogen-bond donors (Lipinski definition) is 1. The van der Waals surface area contributed by atoms with Gasteiger partial charge in [-0.3, -0.25) is 4.79 Å². The van der Waals surface area contributed by atoms with Gasteiger partial charge in [0.15, 0.2) is 17.4 Å². The minimum absolute atomic E-state index is 0.0580. The molecule has 3 saturated carbocycles. The molecule has 0 aliphatic heterocycles. The molecule has 1 heterocycles. The van der Waals surface area contributed by atoms with Crippen molar-refractivity contribution < 1.29 is 9.59 Å². The summed E-state index contributed by atoms with van der Waals surface area (Å²) in [7, 11) is 0. The van der Waals surface area contributed by atoms with Gasteiger partial charge in [-0.25, -0.2) is 4.85 Å². The molecule has 0 saturated heterocycles. The largest absolute Gasteiger partial charge is 0.307 e. The quantitative estimate of drug-likeness (QED) is 0.461. The molecule has 1 N–H and O–H groups in total. The molecule has 0 unspecified atom stereocenters. The summed E-state index contributed by atoms with van der Waals surface area (Å²) in [6.07, 6.45) is 10.7. The number of aromatic nitrogens is 4. The molecule has 0 bridgehead atoms. The molecule has 7 atom stereocenters. The molecule has 0 amide bonds. The standard InChI is InChI=1S/C31H41N5O2/c1-26(2)11-13-31(25-33-35-36-34-25)14-12-30(7)23(18(31)16-26)20(37)15-22-28(5)17-19(32-8)24(38)27(3,4)21(28)9-10-29(22,30)6/h15,17-18,21,23H,9-14,16H2,1-7H3,(H,33,34,35,36)/t18-,21-,23-,28-,29+,30+,31-/m0/s1. The average molecular weight is 516 g/mol. The third-order valence-corrected chi connectivity index (χ3v) is 12.6. The first kappa shape index (κ1) is 25.6.